The van der Waals surface area contributed by atoms with E-state index in [9.17, 15) is 4.79 Å². The zero-order valence-electron chi connectivity index (χ0n) is 15.1. The quantitative estimate of drug-likeness (QED) is 0.776. The first-order valence-corrected chi connectivity index (χ1v) is 9.33. The molecule has 1 aliphatic heterocycles. The number of amidine groups is 1. The van der Waals surface area contributed by atoms with E-state index in [1.54, 1.807) is 18.2 Å². The molecule has 25 heavy (non-hydrogen) atoms. The average Bonchev–Trinajstić information content (AvgIpc) is 2.99. The van der Waals surface area contributed by atoms with Crippen molar-refractivity contribution in [3.63, 3.8) is 0 Å². The van der Waals surface area contributed by atoms with Crippen LogP contribution in [0.1, 0.15) is 38.1 Å². The van der Waals surface area contributed by atoms with Crippen LogP contribution >= 0.6 is 11.8 Å². The largest absolute Gasteiger partial charge is 0.493 e. The second kappa shape index (κ2) is 9.10. The molecule has 0 bridgehead atoms. The molecule has 2 rings (SSSR count). The number of aliphatic hydroxyl groups is 1. The van der Waals surface area contributed by atoms with Gasteiger partial charge in [0, 0.05) is 11.6 Å². The molecule has 1 aliphatic rings. The summed E-state index contributed by atoms with van der Waals surface area (Å²) >= 11 is 1.37. The Bertz CT molecular complexity index is 632. The van der Waals surface area contributed by atoms with Crippen LogP contribution in [0.15, 0.2) is 23.2 Å². The van der Waals surface area contributed by atoms with Gasteiger partial charge in [0.1, 0.15) is 11.5 Å². The van der Waals surface area contributed by atoms with Crippen molar-refractivity contribution in [2.24, 2.45) is 10.9 Å². The number of thioether (sulfide) groups is 1. The molecule has 1 unspecified atom stereocenters. The second-order valence-corrected chi connectivity index (χ2v) is 7.88. The molecular formula is C18H26N2O4S. The Labute approximate surface area is 153 Å². The maximum absolute atomic E-state index is 12.5. The number of amides is 1. The summed E-state index contributed by atoms with van der Waals surface area (Å²) in [6.07, 6.45) is -0.00339. The van der Waals surface area contributed by atoms with Gasteiger partial charge in [0.15, 0.2) is 5.17 Å². The predicted molar refractivity (Wildman–Crippen MR) is 101 cm³/mol. The molecule has 0 aliphatic carbocycles. The molecule has 6 nitrogen and oxygen atoms in total. The van der Waals surface area contributed by atoms with Crippen molar-refractivity contribution >= 4 is 22.8 Å². The molecule has 1 aromatic carbocycles. The highest BCUT2D eigenvalue weighted by Crippen LogP contribution is 2.25. The summed E-state index contributed by atoms with van der Waals surface area (Å²) in [5.41, 5.74) is 0.452. The van der Waals surface area contributed by atoms with Gasteiger partial charge >= 0.3 is 0 Å². The zero-order valence-corrected chi connectivity index (χ0v) is 15.9. The summed E-state index contributed by atoms with van der Waals surface area (Å²) in [5.74, 6) is 1.31. The number of hydrogen-bond acceptors (Lipinski definition) is 6. The fraction of sp³-hybridized carbons (Fsp3) is 0.556. The first-order chi connectivity index (χ1) is 11.9. The lowest BCUT2D eigenvalue weighted by molar-refractivity contribution is 0.0976. The Hall–Kier alpha value is -1.73. The van der Waals surface area contributed by atoms with Crippen molar-refractivity contribution in [1.29, 1.82) is 0 Å². The fourth-order valence-electron chi connectivity index (χ4n) is 2.14. The molecule has 1 atom stereocenters. The number of hydrogen-bond donors (Lipinski definition) is 2. The highest BCUT2D eigenvalue weighted by molar-refractivity contribution is 8.14. The maximum Gasteiger partial charge on any atom is 0.257 e. The van der Waals surface area contributed by atoms with Crippen LogP contribution in [0.3, 0.4) is 0 Å². The van der Waals surface area contributed by atoms with Crippen molar-refractivity contribution in [3.8, 4) is 11.5 Å². The topological polar surface area (TPSA) is 80.2 Å². The number of carbonyl (C=O) groups is 1. The van der Waals surface area contributed by atoms with Gasteiger partial charge in [0.2, 0.25) is 0 Å². The number of aliphatic imine (C=N–C) groups is 1. The van der Waals surface area contributed by atoms with Crippen molar-refractivity contribution in [3.05, 3.63) is 23.8 Å². The van der Waals surface area contributed by atoms with Crippen LogP contribution in [0.2, 0.25) is 0 Å². The molecule has 1 heterocycles. The Morgan fingerprint density at radius 2 is 2.04 bits per heavy atom. The maximum atomic E-state index is 12.5. The molecule has 0 saturated carbocycles. The number of benzene rings is 1. The number of nitrogens with zero attached hydrogens (tertiary/aromatic N) is 1. The Kier molecular flexibility index (Phi) is 7.13. The number of carbonyl (C=O) groups excluding carboxylic acids is 1. The summed E-state index contributed by atoms with van der Waals surface area (Å²) in [6.45, 7) is 9.10. The van der Waals surface area contributed by atoms with Crippen LogP contribution in [0, 0.1) is 5.92 Å². The lowest BCUT2D eigenvalue weighted by Gasteiger charge is -2.15. The van der Waals surface area contributed by atoms with Gasteiger partial charge in [-0.2, -0.15) is 0 Å². The standard InChI is InChI=1S/C18H26N2O4S/c1-11(2)10-23-14-5-13(6-15(7-14)24-12(3)4)17(22)20-18-19-8-16(9-21)25-18/h5-7,11-12,16,21H,8-10H2,1-4H3,(H,19,20,22). The van der Waals surface area contributed by atoms with Gasteiger partial charge in [0.05, 0.1) is 31.1 Å². The number of nitrogens with one attached hydrogen (secondary N) is 1. The smallest absolute Gasteiger partial charge is 0.257 e. The molecule has 7 heteroatoms. The summed E-state index contributed by atoms with van der Waals surface area (Å²) in [7, 11) is 0. The van der Waals surface area contributed by atoms with Crippen molar-refractivity contribution in [1.82, 2.24) is 5.32 Å². The molecule has 138 valence electrons. The van der Waals surface area contributed by atoms with Crippen LogP contribution in [0.4, 0.5) is 0 Å². The number of ether oxygens (including phenoxy) is 2. The minimum absolute atomic E-state index is 0.00339. The summed E-state index contributed by atoms with van der Waals surface area (Å²) in [4.78, 5) is 16.8. The van der Waals surface area contributed by atoms with Gasteiger partial charge in [0.25, 0.3) is 5.91 Å². The van der Waals surface area contributed by atoms with E-state index in [0.717, 1.165) is 0 Å². The minimum atomic E-state index is -0.270. The molecule has 0 aromatic heterocycles. The molecule has 1 amide bonds. The van der Waals surface area contributed by atoms with Gasteiger partial charge in [-0.15, -0.1) is 0 Å². The molecular weight excluding hydrogens is 340 g/mol. The van der Waals surface area contributed by atoms with Gasteiger partial charge in [-0.3, -0.25) is 9.79 Å². The Morgan fingerprint density at radius 1 is 1.32 bits per heavy atom. The Morgan fingerprint density at radius 3 is 2.64 bits per heavy atom. The summed E-state index contributed by atoms with van der Waals surface area (Å²) in [5, 5.41) is 12.5. The van der Waals surface area contributed by atoms with Crippen LogP contribution in [-0.2, 0) is 0 Å². The van der Waals surface area contributed by atoms with Gasteiger partial charge in [-0.05, 0) is 31.9 Å². The van der Waals surface area contributed by atoms with E-state index >= 15 is 0 Å². The van der Waals surface area contributed by atoms with Crippen LogP contribution in [0.25, 0.3) is 0 Å². The predicted octanol–water partition coefficient (Wildman–Crippen LogP) is 2.70. The SMILES string of the molecule is CC(C)COc1cc(OC(C)C)cc(C(=O)NC2=NCC(CO)S2)c1. The van der Waals surface area contributed by atoms with E-state index in [0.29, 0.717) is 41.3 Å². The van der Waals surface area contributed by atoms with E-state index in [4.69, 9.17) is 14.6 Å². The van der Waals surface area contributed by atoms with Gasteiger partial charge in [-0.1, -0.05) is 25.6 Å². The number of rotatable bonds is 7. The van der Waals surface area contributed by atoms with Crippen molar-refractivity contribution in [2.45, 2.75) is 39.0 Å². The van der Waals surface area contributed by atoms with E-state index in [-0.39, 0.29) is 23.9 Å². The third-order valence-corrected chi connectivity index (χ3v) is 4.32. The molecule has 1 aromatic rings. The van der Waals surface area contributed by atoms with Crippen LogP contribution in [-0.4, -0.2) is 47.3 Å². The first-order valence-electron chi connectivity index (χ1n) is 8.45. The van der Waals surface area contributed by atoms with Gasteiger partial charge in [-0.25, -0.2) is 0 Å². The summed E-state index contributed by atoms with van der Waals surface area (Å²) in [6, 6.07) is 5.19. The van der Waals surface area contributed by atoms with Crippen molar-refractivity contribution in [2.75, 3.05) is 19.8 Å². The zero-order chi connectivity index (χ0) is 18.4. The highest BCUT2D eigenvalue weighted by Gasteiger charge is 2.21. The highest BCUT2D eigenvalue weighted by atomic mass is 32.2. The monoisotopic (exact) mass is 366 g/mol. The number of aliphatic hydroxyl groups excluding tert-OH is 1. The third-order valence-electron chi connectivity index (χ3n) is 3.24. The molecule has 0 fully saturated rings. The molecule has 0 radical (unpaired) electrons. The van der Waals surface area contributed by atoms with E-state index in [1.165, 1.54) is 11.8 Å². The molecule has 0 spiro atoms. The van der Waals surface area contributed by atoms with E-state index < -0.39 is 0 Å². The molecule has 0 saturated heterocycles. The minimum Gasteiger partial charge on any atom is -0.493 e. The first kappa shape index (κ1) is 19.6. The fourth-order valence-corrected chi connectivity index (χ4v) is 2.98. The average molecular weight is 366 g/mol. The van der Waals surface area contributed by atoms with Crippen LogP contribution in [0.5, 0.6) is 11.5 Å². The Balaban J connectivity index is 2.13. The van der Waals surface area contributed by atoms with Gasteiger partial charge < -0.3 is 19.9 Å². The van der Waals surface area contributed by atoms with Crippen molar-refractivity contribution < 1.29 is 19.4 Å². The van der Waals surface area contributed by atoms with E-state index in [2.05, 4.69) is 24.2 Å². The van der Waals surface area contributed by atoms with E-state index in [1.807, 2.05) is 13.8 Å². The normalized spacial score (nSPS) is 16.9. The lowest BCUT2D eigenvalue weighted by atomic mass is 10.2. The summed E-state index contributed by atoms with van der Waals surface area (Å²) < 4.78 is 11.5. The third kappa shape index (κ3) is 6.25. The van der Waals surface area contributed by atoms with Crippen LogP contribution < -0.4 is 14.8 Å². The second-order valence-electron chi connectivity index (χ2n) is 6.59. The lowest BCUT2D eigenvalue weighted by Crippen LogP contribution is -2.28. The molecule has 2 N–H and O–H groups in total.